The summed E-state index contributed by atoms with van der Waals surface area (Å²) in [6.07, 6.45) is -3.88. The number of alkyl halides is 3. The molecule has 0 aliphatic rings. The van der Waals surface area contributed by atoms with Crippen LogP contribution < -0.4 is 9.47 Å². The van der Waals surface area contributed by atoms with Crippen LogP contribution in [0.5, 0.6) is 11.5 Å². The molecular formula is C10H10F3IO2. The van der Waals surface area contributed by atoms with Gasteiger partial charge in [-0.05, 0) is 41.1 Å². The fourth-order valence-corrected chi connectivity index (χ4v) is 1.65. The summed E-state index contributed by atoms with van der Waals surface area (Å²) >= 11 is 1.91. The summed E-state index contributed by atoms with van der Waals surface area (Å²) in [5.74, 6) is 0.124. The maximum Gasteiger partial charge on any atom is 0.573 e. The number of hydrogen-bond donors (Lipinski definition) is 0. The van der Waals surface area contributed by atoms with Gasteiger partial charge in [-0.3, -0.25) is 0 Å². The SMILES string of the molecule is CCCOc1cc(I)cc(OC(F)(F)F)c1. The van der Waals surface area contributed by atoms with Gasteiger partial charge in [-0.25, -0.2) is 0 Å². The molecule has 90 valence electrons. The van der Waals surface area contributed by atoms with Crippen molar-refractivity contribution in [2.45, 2.75) is 19.7 Å². The Morgan fingerprint density at radius 3 is 2.38 bits per heavy atom. The minimum absolute atomic E-state index is 0.259. The second-order valence-corrected chi connectivity index (χ2v) is 4.26. The van der Waals surface area contributed by atoms with Crippen LogP contribution in [0, 0.1) is 3.57 Å². The Morgan fingerprint density at radius 1 is 1.19 bits per heavy atom. The highest BCUT2D eigenvalue weighted by Crippen LogP contribution is 2.28. The highest BCUT2D eigenvalue weighted by Gasteiger charge is 2.31. The fourth-order valence-electron chi connectivity index (χ4n) is 1.03. The van der Waals surface area contributed by atoms with Gasteiger partial charge in [-0.2, -0.15) is 0 Å². The molecule has 0 spiro atoms. The van der Waals surface area contributed by atoms with E-state index in [1.54, 1.807) is 6.07 Å². The van der Waals surface area contributed by atoms with Crippen LogP contribution >= 0.6 is 22.6 Å². The van der Waals surface area contributed by atoms with E-state index in [1.807, 2.05) is 29.5 Å². The normalized spacial score (nSPS) is 11.3. The van der Waals surface area contributed by atoms with Crippen molar-refractivity contribution in [2.24, 2.45) is 0 Å². The largest absolute Gasteiger partial charge is 0.573 e. The van der Waals surface area contributed by atoms with Crippen molar-refractivity contribution in [3.63, 3.8) is 0 Å². The lowest BCUT2D eigenvalue weighted by Gasteiger charge is -2.11. The first-order valence-corrected chi connectivity index (χ1v) is 5.67. The Balaban J connectivity index is 2.81. The van der Waals surface area contributed by atoms with Crippen molar-refractivity contribution >= 4 is 22.6 Å². The highest BCUT2D eigenvalue weighted by atomic mass is 127. The zero-order chi connectivity index (χ0) is 12.2. The van der Waals surface area contributed by atoms with E-state index in [0.717, 1.165) is 6.42 Å². The van der Waals surface area contributed by atoms with Gasteiger partial charge in [0.15, 0.2) is 0 Å². The zero-order valence-corrected chi connectivity index (χ0v) is 10.6. The van der Waals surface area contributed by atoms with Crippen LogP contribution in [0.1, 0.15) is 13.3 Å². The van der Waals surface area contributed by atoms with E-state index >= 15 is 0 Å². The molecule has 0 saturated carbocycles. The van der Waals surface area contributed by atoms with Crippen molar-refractivity contribution in [1.29, 1.82) is 0 Å². The maximum atomic E-state index is 12.0. The third-order valence-electron chi connectivity index (χ3n) is 1.55. The second-order valence-electron chi connectivity index (χ2n) is 3.02. The molecule has 0 aliphatic carbocycles. The van der Waals surface area contributed by atoms with E-state index in [9.17, 15) is 13.2 Å². The summed E-state index contributed by atoms with van der Waals surface area (Å²) in [7, 11) is 0. The van der Waals surface area contributed by atoms with Gasteiger partial charge < -0.3 is 9.47 Å². The summed E-state index contributed by atoms with van der Waals surface area (Å²) in [5, 5.41) is 0. The molecule has 0 amide bonds. The number of ether oxygens (including phenoxy) is 2. The lowest BCUT2D eigenvalue weighted by Crippen LogP contribution is -2.17. The van der Waals surface area contributed by atoms with Gasteiger partial charge >= 0.3 is 6.36 Å². The number of benzene rings is 1. The summed E-state index contributed by atoms with van der Waals surface area (Å²) in [6, 6.07) is 4.18. The van der Waals surface area contributed by atoms with Crippen molar-refractivity contribution in [3.05, 3.63) is 21.8 Å². The predicted octanol–water partition coefficient (Wildman–Crippen LogP) is 3.98. The van der Waals surface area contributed by atoms with Gasteiger partial charge in [0.2, 0.25) is 0 Å². The molecule has 0 atom stereocenters. The molecule has 0 fully saturated rings. The Bertz CT molecular complexity index is 352. The van der Waals surface area contributed by atoms with Crippen LogP contribution in [0.4, 0.5) is 13.2 Å². The minimum Gasteiger partial charge on any atom is -0.493 e. The molecule has 16 heavy (non-hydrogen) atoms. The molecule has 2 nitrogen and oxygen atoms in total. The Morgan fingerprint density at radius 2 is 1.81 bits per heavy atom. The van der Waals surface area contributed by atoms with Gasteiger partial charge in [0.1, 0.15) is 11.5 Å². The Kier molecular flexibility index (Phi) is 4.69. The van der Waals surface area contributed by atoms with Crippen molar-refractivity contribution < 1.29 is 22.6 Å². The molecule has 1 aromatic carbocycles. The quantitative estimate of drug-likeness (QED) is 0.768. The molecule has 0 aliphatic heterocycles. The average molecular weight is 346 g/mol. The summed E-state index contributed by atoms with van der Waals surface area (Å²) in [4.78, 5) is 0. The van der Waals surface area contributed by atoms with E-state index in [0.29, 0.717) is 15.9 Å². The topological polar surface area (TPSA) is 18.5 Å². The van der Waals surface area contributed by atoms with Crippen LogP contribution in [0.25, 0.3) is 0 Å². The molecule has 6 heteroatoms. The minimum atomic E-state index is -4.67. The molecule has 0 heterocycles. The highest BCUT2D eigenvalue weighted by molar-refractivity contribution is 14.1. The second kappa shape index (κ2) is 5.60. The van der Waals surface area contributed by atoms with Crippen LogP contribution in [0.2, 0.25) is 0 Å². The van der Waals surface area contributed by atoms with Crippen LogP contribution in [-0.2, 0) is 0 Å². The lowest BCUT2D eigenvalue weighted by molar-refractivity contribution is -0.274. The molecule has 1 aromatic rings. The number of rotatable bonds is 4. The zero-order valence-electron chi connectivity index (χ0n) is 8.47. The third-order valence-corrected chi connectivity index (χ3v) is 2.17. The monoisotopic (exact) mass is 346 g/mol. The molecule has 0 bridgehead atoms. The molecule has 0 radical (unpaired) electrons. The molecule has 0 aromatic heterocycles. The van der Waals surface area contributed by atoms with E-state index in [1.165, 1.54) is 12.1 Å². The fraction of sp³-hybridized carbons (Fsp3) is 0.400. The van der Waals surface area contributed by atoms with Crippen LogP contribution in [0.15, 0.2) is 18.2 Å². The van der Waals surface area contributed by atoms with E-state index < -0.39 is 6.36 Å². The van der Waals surface area contributed by atoms with Crippen molar-refractivity contribution in [3.8, 4) is 11.5 Å². The number of halogens is 4. The first-order chi connectivity index (χ1) is 7.40. The number of hydrogen-bond acceptors (Lipinski definition) is 2. The van der Waals surface area contributed by atoms with Crippen molar-refractivity contribution in [1.82, 2.24) is 0 Å². The van der Waals surface area contributed by atoms with Gasteiger partial charge in [-0.1, -0.05) is 6.92 Å². The standard InChI is InChI=1S/C10H10F3IO2/c1-2-3-15-8-4-7(14)5-9(6-8)16-10(11,12)13/h4-6H,2-3H2,1H3. The maximum absolute atomic E-state index is 12.0. The molecule has 0 saturated heterocycles. The van der Waals surface area contributed by atoms with Crippen LogP contribution in [0.3, 0.4) is 0 Å². The van der Waals surface area contributed by atoms with E-state index in [-0.39, 0.29) is 5.75 Å². The van der Waals surface area contributed by atoms with Crippen LogP contribution in [-0.4, -0.2) is 13.0 Å². The summed E-state index contributed by atoms with van der Waals surface area (Å²) in [6.45, 7) is 2.38. The lowest BCUT2D eigenvalue weighted by atomic mass is 10.3. The smallest absolute Gasteiger partial charge is 0.493 e. The first kappa shape index (κ1) is 13.4. The summed E-state index contributed by atoms with van der Waals surface area (Å²) in [5.41, 5.74) is 0. The molecule has 0 unspecified atom stereocenters. The molecule has 0 N–H and O–H groups in total. The van der Waals surface area contributed by atoms with Gasteiger partial charge in [0, 0.05) is 9.64 Å². The van der Waals surface area contributed by atoms with E-state index in [4.69, 9.17) is 4.74 Å². The summed E-state index contributed by atoms with van der Waals surface area (Å²) < 4.78 is 45.7. The molecule has 1 rings (SSSR count). The van der Waals surface area contributed by atoms with Gasteiger partial charge in [-0.15, -0.1) is 13.2 Å². The van der Waals surface area contributed by atoms with Crippen molar-refractivity contribution in [2.75, 3.05) is 6.61 Å². The van der Waals surface area contributed by atoms with Gasteiger partial charge in [0.05, 0.1) is 6.61 Å². The Hall–Kier alpha value is -0.660. The molecular weight excluding hydrogens is 336 g/mol. The predicted molar refractivity (Wildman–Crippen MR) is 61.6 cm³/mol. The van der Waals surface area contributed by atoms with Gasteiger partial charge in [0.25, 0.3) is 0 Å². The van der Waals surface area contributed by atoms with E-state index in [2.05, 4.69) is 4.74 Å². The third kappa shape index (κ3) is 4.91. The first-order valence-electron chi connectivity index (χ1n) is 4.60. The Labute approximate surface area is 105 Å². The average Bonchev–Trinajstić information content (AvgIpc) is 2.10.